The molecule has 0 aliphatic carbocycles. The summed E-state index contributed by atoms with van der Waals surface area (Å²) in [6.45, 7) is 3.83. The smallest absolute Gasteiger partial charge is 0.268 e. The van der Waals surface area contributed by atoms with Crippen LogP contribution in [0.25, 0.3) is 5.57 Å². The maximum Gasteiger partial charge on any atom is 0.416 e. The number of halogens is 3. The standard InChI is InChI=1S/C25H18F3NO2S/c1-15-11-12-17(13-16(15)2)21-22(32-20-9-4-3-5-10-20)24(31)29(23(21)30)19-8-6-7-18(14-19)25(26,27)28/h3-14H,1-2H3. The largest absolute Gasteiger partial charge is 0.416 e. The van der Waals surface area contributed by atoms with Crippen LogP contribution in [0.1, 0.15) is 22.3 Å². The summed E-state index contributed by atoms with van der Waals surface area (Å²) >= 11 is 1.13. The lowest BCUT2D eigenvalue weighted by Crippen LogP contribution is -2.31. The molecule has 0 aromatic heterocycles. The number of amides is 2. The minimum absolute atomic E-state index is 0.111. The van der Waals surface area contributed by atoms with Gasteiger partial charge in [-0.15, -0.1) is 0 Å². The maximum absolute atomic E-state index is 13.4. The first kappa shape index (κ1) is 21.9. The van der Waals surface area contributed by atoms with Crippen LogP contribution in [0.4, 0.5) is 18.9 Å². The van der Waals surface area contributed by atoms with Crippen molar-refractivity contribution in [2.75, 3.05) is 4.90 Å². The number of hydrogen-bond acceptors (Lipinski definition) is 3. The van der Waals surface area contributed by atoms with Crippen molar-refractivity contribution >= 4 is 34.8 Å². The second kappa shape index (κ2) is 8.31. The second-order valence-corrected chi connectivity index (χ2v) is 8.50. The van der Waals surface area contributed by atoms with Crippen LogP contribution in [0, 0.1) is 13.8 Å². The Bertz CT molecular complexity index is 1250. The van der Waals surface area contributed by atoms with Gasteiger partial charge in [0, 0.05) is 4.90 Å². The summed E-state index contributed by atoms with van der Waals surface area (Å²) in [4.78, 5) is 28.5. The first-order valence-corrected chi connectivity index (χ1v) is 10.6. The van der Waals surface area contributed by atoms with E-state index in [9.17, 15) is 22.8 Å². The summed E-state index contributed by atoms with van der Waals surface area (Å²) in [7, 11) is 0. The third-order valence-electron chi connectivity index (χ3n) is 5.23. The van der Waals surface area contributed by atoms with E-state index in [-0.39, 0.29) is 16.2 Å². The molecular weight excluding hydrogens is 435 g/mol. The Morgan fingerprint density at radius 1 is 0.781 bits per heavy atom. The van der Waals surface area contributed by atoms with Crippen LogP contribution in [-0.4, -0.2) is 11.8 Å². The molecule has 0 saturated carbocycles. The Labute approximate surface area is 187 Å². The first-order chi connectivity index (χ1) is 15.2. The van der Waals surface area contributed by atoms with Gasteiger partial charge in [-0.05, 0) is 60.9 Å². The van der Waals surface area contributed by atoms with Crippen molar-refractivity contribution in [2.24, 2.45) is 0 Å². The van der Waals surface area contributed by atoms with Crippen molar-refractivity contribution in [1.29, 1.82) is 0 Å². The van der Waals surface area contributed by atoms with E-state index in [0.29, 0.717) is 5.56 Å². The topological polar surface area (TPSA) is 37.4 Å². The number of benzene rings is 3. The first-order valence-electron chi connectivity index (χ1n) is 9.77. The van der Waals surface area contributed by atoms with Crippen molar-refractivity contribution in [2.45, 2.75) is 24.9 Å². The Morgan fingerprint density at radius 3 is 2.16 bits per heavy atom. The van der Waals surface area contributed by atoms with Crippen molar-refractivity contribution in [3.8, 4) is 0 Å². The van der Waals surface area contributed by atoms with Gasteiger partial charge in [0.1, 0.15) is 0 Å². The fraction of sp³-hybridized carbons (Fsp3) is 0.120. The highest BCUT2D eigenvalue weighted by atomic mass is 32.2. The molecule has 3 aromatic rings. The summed E-state index contributed by atoms with van der Waals surface area (Å²) in [6, 6.07) is 18.7. The molecule has 0 fully saturated rings. The summed E-state index contributed by atoms with van der Waals surface area (Å²) in [6.07, 6.45) is -4.59. The molecule has 0 N–H and O–H groups in total. The van der Waals surface area contributed by atoms with E-state index in [4.69, 9.17) is 0 Å². The van der Waals surface area contributed by atoms with Gasteiger partial charge in [-0.2, -0.15) is 13.2 Å². The molecule has 1 aliphatic heterocycles. The lowest BCUT2D eigenvalue weighted by Gasteiger charge is -2.17. The van der Waals surface area contributed by atoms with E-state index in [1.807, 2.05) is 44.2 Å². The number of rotatable bonds is 4. The van der Waals surface area contributed by atoms with Gasteiger partial charge in [-0.3, -0.25) is 9.59 Å². The van der Waals surface area contributed by atoms with Gasteiger partial charge in [0.15, 0.2) is 0 Å². The van der Waals surface area contributed by atoms with E-state index in [1.165, 1.54) is 12.1 Å². The molecule has 1 heterocycles. The minimum atomic E-state index is -4.59. The SMILES string of the molecule is Cc1ccc(C2=C(Sc3ccccc3)C(=O)N(c3cccc(C(F)(F)F)c3)C2=O)cc1C. The van der Waals surface area contributed by atoms with Gasteiger partial charge < -0.3 is 0 Å². The van der Waals surface area contributed by atoms with Gasteiger partial charge in [0.2, 0.25) is 0 Å². The van der Waals surface area contributed by atoms with Crippen LogP contribution in [-0.2, 0) is 15.8 Å². The molecule has 0 spiro atoms. The molecule has 2 amide bonds. The molecule has 0 bridgehead atoms. The molecule has 3 nitrogen and oxygen atoms in total. The number of alkyl halides is 3. The molecule has 4 rings (SSSR count). The van der Waals surface area contributed by atoms with Crippen molar-refractivity contribution < 1.29 is 22.8 Å². The highest BCUT2D eigenvalue weighted by Gasteiger charge is 2.41. The molecule has 3 aromatic carbocycles. The Hall–Kier alpha value is -3.32. The van der Waals surface area contributed by atoms with E-state index in [1.54, 1.807) is 18.2 Å². The molecule has 162 valence electrons. The van der Waals surface area contributed by atoms with E-state index in [0.717, 1.165) is 44.8 Å². The van der Waals surface area contributed by atoms with E-state index < -0.39 is 23.6 Å². The summed E-state index contributed by atoms with van der Waals surface area (Å²) in [5.74, 6) is -1.28. The highest BCUT2D eigenvalue weighted by molar-refractivity contribution is 8.04. The number of imide groups is 1. The number of hydrogen-bond donors (Lipinski definition) is 0. The summed E-state index contributed by atoms with van der Waals surface area (Å²) < 4.78 is 39.7. The quantitative estimate of drug-likeness (QED) is 0.429. The third kappa shape index (κ3) is 4.08. The molecule has 0 saturated heterocycles. The number of anilines is 1. The summed E-state index contributed by atoms with van der Waals surface area (Å²) in [5.41, 5.74) is 1.67. The van der Waals surface area contributed by atoms with Crippen molar-refractivity contribution in [3.63, 3.8) is 0 Å². The second-order valence-electron chi connectivity index (χ2n) is 7.41. The van der Waals surface area contributed by atoms with Crippen molar-refractivity contribution in [3.05, 3.63) is 100.0 Å². The van der Waals surface area contributed by atoms with Crippen LogP contribution in [0.15, 0.2) is 82.6 Å². The summed E-state index contributed by atoms with van der Waals surface area (Å²) in [5, 5.41) is 0. The van der Waals surface area contributed by atoms with Gasteiger partial charge >= 0.3 is 6.18 Å². The average molecular weight is 453 g/mol. The molecule has 32 heavy (non-hydrogen) atoms. The number of thioether (sulfide) groups is 1. The molecule has 0 radical (unpaired) electrons. The zero-order valence-corrected chi connectivity index (χ0v) is 18.1. The van der Waals surface area contributed by atoms with Gasteiger partial charge in [-0.25, -0.2) is 4.90 Å². The van der Waals surface area contributed by atoms with Crippen LogP contribution in [0.3, 0.4) is 0 Å². The fourth-order valence-corrected chi connectivity index (χ4v) is 4.43. The predicted molar refractivity (Wildman–Crippen MR) is 119 cm³/mol. The number of nitrogens with zero attached hydrogens (tertiary/aromatic N) is 1. The van der Waals surface area contributed by atoms with Gasteiger partial charge in [-0.1, -0.05) is 54.2 Å². The zero-order chi connectivity index (χ0) is 23.0. The normalized spacial score (nSPS) is 14.5. The molecule has 0 unspecified atom stereocenters. The predicted octanol–water partition coefficient (Wildman–Crippen LogP) is 6.40. The zero-order valence-electron chi connectivity index (χ0n) is 17.2. The highest BCUT2D eigenvalue weighted by Crippen LogP contribution is 2.42. The number of carbonyl (C=O) groups is 2. The van der Waals surface area contributed by atoms with E-state index >= 15 is 0 Å². The molecule has 0 atom stereocenters. The fourth-order valence-electron chi connectivity index (χ4n) is 3.42. The van der Waals surface area contributed by atoms with Crippen LogP contribution >= 0.6 is 11.8 Å². The minimum Gasteiger partial charge on any atom is -0.268 e. The van der Waals surface area contributed by atoms with E-state index in [2.05, 4.69) is 0 Å². The molecule has 7 heteroatoms. The van der Waals surface area contributed by atoms with Crippen LogP contribution in [0.2, 0.25) is 0 Å². The number of carbonyl (C=O) groups excluding carboxylic acids is 2. The third-order valence-corrected chi connectivity index (χ3v) is 6.32. The molecule has 1 aliphatic rings. The van der Waals surface area contributed by atoms with Gasteiger partial charge in [0.25, 0.3) is 11.8 Å². The Morgan fingerprint density at radius 2 is 1.50 bits per heavy atom. The lowest BCUT2D eigenvalue weighted by molar-refractivity contribution is -0.137. The lowest BCUT2D eigenvalue weighted by atomic mass is 10.0. The van der Waals surface area contributed by atoms with Crippen molar-refractivity contribution in [1.82, 2.24) is 0 Å². The average Bonchev–Trinajstić information content (AvgIpc) is 3.00. The molecular formula is C25H18F3NO2S. The number of aryl methyl sites for hydroxylation is 2. The van der Waals surface area contributed by atoms with Crippen LogP contribution in [0.5, 0.6) is 0 Å². The van der Waals surface area contributed by atoms with Crippen LogP contribution < -0.4 is 4.90 Å². The monoisotopic (exact) mass is 453 g/mol. The Kier molecular flexibility index (Phi) is 5.69. The van der Waals surface area contributed by atoms with Gasteiger partial charge in [0.05, 0.1) is 21.7 Å². The Balaban J connectivity index is 1.84. The maximum atomic E-state index is 13.4.